The Bertz CT molecular complexity index is 803. The van der Waals surface area contributed by atoms with E-state index in [-0.39, 0.29) is 5.69 Å². The van der Waals surface area contributed by atoms with Crippen LogP contribution in [0.2, 0.25) is 0 Å². The fourth-order valence-electron chi connectivity index (χ4n) is 2.20. The number of aromatic nitrogens is 3. The third-order valence-corrected chi connectivity index (χ3v) is 3.24. The summed E-state index contributed by atoms with van der Waals surface area (Å²) < 4.78 is 0. The molecule has 5 heteroatoms. The minimum absolute atomic E-state index is 0.230. The molecule has 0 spiro atoms. The summed E-state index contributed by atoms with van der Waals surface area (Å²) in [5, 5.41) is 0. The second-order valence-corrected chi connectivity index (χ2v) is 4.84. The molecule has 0 bridgehead atoms. The van der Waals surface area contributed by atoms with Crippen molar-refractivity contribution in [3.8, 4) is 11.1 Å². The van der Waals surface area contributed by atoms with Crippen molar-refractivity contribution in [2.24, 2.45) is 5.73 Å². The lowest BCUT2D eigenvalue weighted by atomic mass is 10.0. The van der Waals surface area contributed by atoms with Crippen molar-refractivity contribution in [1.82, 2.24) is 15.0 Å². The Morgan fingerprint density at radius 1 is 1.05 bits per heavy atom. The largest absolute Gasteiger partial charge is 0.364 e. The van der Waals surface area contributed by atoms with Gasteiger partial charge in [0.05, 0.1) is 0 Å². The molecule has 0 fully saturated rings. The fourth-order valence-corrected chi connectivity index (χ4v) is 2.20. The SMILES string of the molecule is NC(=O)c1ccnc(Cc2cccc(-c3cccnc3)c2)n1. The number of primary amides is 1. The number of amides is 1. The van der Waals surface area contributed by atoms with E-state index in [9.17, 15) is 4.79 Å². The summed E-state index contributed by atoms with van der Waals surface area (Å²) in [7, 11) is 0. The molecule has 22 heavy (non-hydrogen) atoms. The monoisotopic (exact) mass is 290 g/mol. The van der Waals surface area contributed by atoms with Gasteiger partial charge >= 0.3 is 0 Å². The molecule has 0 aliphatic carbocycles. The summed E-state index contributed by atoms with van der Waals surface area (Å²) in [4.78, 5) is 23.7. The van der Waals surface area contributed by atoms with E-state index in [1.54, 1.807) is 12.4 Å². The number of hydrogen-bond acceptors (Lipinski definition) is 4. The first-order valence-corrected chi connectivity index (χ1v) is 6.83. The quantitative estimate of drug-likeness (QED) is 0.798. The summed E-state index contributed by atoms with van der Waals surface area (Å²) in [6.07, 6.45) is 5.66. The Labute approximate surface area is 127 Å². The molecule has 0 aliphatic heterocycles. The number of nitrogens with two attached hydrogens (primary N) is 1. The molecule has 1 amide bonds. The molecule has 0 unspecified atom stereocenters. The zero-order valence-corrected chi connectivity index (χ0v) is 11.8. The molecule has 0 atom stereocenters. The van der Waals surface area contributed by atoms with E-state index in [0.717, 1.165) is 16.7 Å². The lowest BCUT2D eigenvalue weighted by molar-refractivity contribution is 0.0995. The Morgan fingerprint density at radius 2 is 1.91 bits per heavy atom. The Kier molecular flexibility index (Phi) is 3.87. The Morgan fingerprint density at radius 3 is 2.68 bits per heavy atom. The fraction of sp³-hybridized carbons (Fsp3) is 0.0588. The molecule has 0 aliphatic rings. The summed E-state index contributed by atoms with van der Waals surface area (Å²) >= 11 is 0. The Balaban J connectivity index is 1.87. The average molecular weight is 290 g/mol. The van der Waals surface area contributed by atoms with Gasteiger partial charge in [-0.15, -0.1) is 0 Å². The first kappa shape index (κ1) is 13.9. The van der Waals surface area contributed by atoms with Crippen molar-refractivity contribution >= 4 is 5.91 Å². The number of benzene rings is 1. The number of pyridine rings is 1. The lowest BCUT2D eigenvalue weighted by Gasteiger charge is -2.05. The number of carbonyl (C=O) groups excluding carboxylic acids is 1. The molecule has 3 rings (SSSR count). The zero-order chi connectivity index (χ0) is 15.4. The van der Waals surface area contributed by atoms with E-state index < -0.39 is 5.91 Å². The molecule has 2 N–H and O–H groups in total. The summed E-state index contributed by atoms with van der Waals surface area (Å²) in [5.74, 6) is 0.0207. The van der Waals surface area contributed by atoms with Crippen molar-refractivity contribution < 1.29 is 4.79 Å². The van der Waals surface area contributed by atoms with Crippen molar-refractivity contribution in [1.29, 1.82) is 0 Å². The van der Waals surface area contributed by atoms with E-state index in [0.29, 0.717) is 12.2 Å². The second-order valence-electron chi connectivity index (χ2n) is 4.84. The molecule has 108 valence electrons. The highest BCUT2D eigenvalue weighted by Gasteiger charge is 2.06. The highest BCUT2D eigenvalue weighted by molar-refractivity contribution is 5.90. The number of carbonyl (C=O) groups is 1. The van der Waals surface area contributed by atoms with Crippen LogP contribution in [0.15, 0.2) is 61.1 Å². The van der Waals surface area contributed by atoms with E-state index in [4.69, 9.17) is 5.73 Å². The molecule has 0 saturated carbocycles. The molecule has 0 saturated heterocycles. The number of rotatable bonds is 4. The van der Waals surface area contributed by atoms with Crippen LogP contribution in [0.3, 0.4) is 0 Å². The smallest absolute Gasteiger partial charge is 0.267 e. The van der Waals surface area contributed by atoms with Gasteiger partial charge in [-0.05, 0) is 28.8 Å². The predicted molar refractivity (Wildman–Crippen MR) is 83.0 cm³/mol. The van der Waals surface area contributed by atoms with Gasteiger partial charge in [-0.2, -0.15) is 0 Å². The van der Waals surface area contributed by atoms with Gasteiger partial charge in [0, 0.05) is 25.0 Å². The van der Waals surface area contributed by atoms with Crippen molar-refractivity contribution in [3.63, 3.8) is 0 Å². The molecule has 5 nitrogen and oxygen atoms in total. The lowest BCUT2D eigenvalue weighted by Crippen LogP contribution is -2.14. The maximum absolute atomic E-state index is 11.2. The van der Waals surface area contributed by atoms with Gasteiger partial charge in [0.15, 0.2) is 0 Å². The molecular weight excluding hydrogens is 276 g/mol. The zero-order valence-electron chi connectivity index (χ0n) is 11.8. The van der Waals surface area contributed by atoms with Crippen LogP contribution in [-0.4, -0.2) is 20.9 Å². The minimum Gasteiger partial charge on any atom is -0.364 e. The molecule has 1 aromatic carbocycles. The summed E-state index contributed by atoms with van der Waals surface area (Å²) in [5.41, 5.74) is 8.66. The van der Waals surface area contributed by atoms with Crippen molar-refractivity contribution in [2.45, 2.75) is 6.42 Å². The maximum atomic E-state index is 11.2. The van der Waals surface area contributed by atoms with Gasteiger partial charge in [0.2, 0.25) is 0 Å². The molecular formula is C17H14N4O. The first-order valence-electron chi connectivity index (χ1n) is 6.83. The molecule has 0 radical (unpaired) electrons. The van der Waals surface area contributed by atoms with E-state index in [1.807, 2.05) is 36.5 Å². The second kappa shape index (κ2) is 6.13. The van der Waals surface area contributed by atoms with Crippen LogP contribution in [0.4, 0.5) is 0 Å². The van der Waals surface area contributed by atoms with Gasteiger partial charge in [-0.3, -0.25) is 9.78 Å². The van der Waals surface area contributed by atoms with Crippen LogP contribution in [0.25, 0.3) is 11.1 Å². The van der Waals surface area contributed by atoms with Gasteiger partial charge in [-0.1, -0.05) is 30.3 Å². The van der Waals surface area contributed by atoms with E-state index in [2.05, 4.69) is 21.0 Å². The molecule has 3 aromatic rings. The topological polar surface area (TPSA) is 81.8 Å². The normalized spacial score (nSPS) is 10.4. The highest BCUT2D eigenvalue weighted by Crippen LogP contribution is 2.20. The third kappa shape index (κ3) is 3.15. The van der Waals surface area contributed by atoms with Crippen LogP contribution in [-0.2, 0) is 6.42 Å². The molecule has 2 heterocycles. The van der Waals surface area contributed by atoms with Gasteiger partial charge in [0.25, 0.3) is 5.91 Å². The number of nitrogens with zero attached hydrogens (tertiary/aromatic N) is 3. The van der Waals surface area contributed by atoms with Gasteiger partial charge in [0.1, 0.15) is 11.5 Å². The Hall–Kier alpha value is -3.08. The van der Waals surface area contributed by atoms with Crippen LogP contribution < -0.4 is 5.73 Å². The van der Waals surface area contributed by atoms with Gasteiger partial charge in [-0.25, -0.2) is 9.97 Å². The van der Waals surface area contributed by atoms with Crippen LogP contribution >= 0.6 is 0 Å². The van der Waals surface area contributed by atoms with Crippen molar-refractivity contribution in [3.05, 3.63) is 78.1 Å². The van der Waals surface area contributed by atoms with Crippen molar-refractivity contribution in [2.75, 3.05) is 0 Å². The summed E-state index contributed by atoms with van der Waals surface area (Å²) in [6, 6.07) is 13.5. The standard InChI is InChI=1S/C17H14N4O/c18-17(22)15-6-8-20-16(21-15)10-12-3-1-4-13(9-12)14-5-2-7-19-11-14/h1-9,11H,10H2,(H2,18,22). The maximum Gasteiger partial charge on any atom is 0.267 e. The van der Waals surface area contributed by atoms with Crippen LogP contribution in [0.5, 0.6) is 0 Å². The van der Waals surface area contributed by atoms with Gasteiger partial charge < -0.3 is 5.73 Å². The number of hydrogen-bond donors (Lipinski definition) is 1. The van der Waals surface area contributed by atoms with Crippen LogP contribution in [0.1, 0.15) is 21.9 Å². The third-order valence-electron chi connectivity index (χ3n) is 3.24. The van der Waals surface area contributed by atoms with E-state index in [1.165, 1.54) is 6.07 Å². The molecule has 2 aromatic heterocycles. The van der Waals surface area contributed by atoms with E-state index >= 15 is 0 Å². The summed E-state index contributed by atoms with van der Waals surface area (Å²) in [6.45, 7) is 0. The van der Waals surface area contributed by atoms with Crippen LogP contribution in [0, 0.1) is 0 Å². The average Bonchev–Trinajstić information content (AvgIpc) is 2.56. The minimum atomic E-state index is -0.548. The predicted octanol–water partition coefficient (Wildman–Crippen LogP) is 2.23. The highest BCUT2D eigenvalue weighted by atomic mass is 16.1. The first-order chi connectivity index (χ1) is 10.7.